The minimum absolute atomic E-state index is 0.0892. The van der Waals surface area contributed by atoms with Crippen LogP contribution in [0.4, 0.5) is 0 Å². The number of aromatic nitrogens is 2. The lowest BCUT2D eigenvalue weighted by Gasteiger charge is -2.11. The Morgan fingerprint density at radius 3 is 2.24 bits per heavy atom. The molecular formula is C21H23ClN2O4S. The third-order valence-electron chi connectivity index (χ3n) is 4.87. The average Bonchev–Trinajstić information content (AvgIpc) is 2.97. The maximum atomic E-state index is 12.7. The molecule has 154 valence electrons. The quantitative estimate of drug-likeness (QED) is 0.391. The fourth-order valence-corrected chi connectivity index (χ4v) is 3.93. The summed E-state index contributed by atoms with van der Waals surface area (Å²) in [6.45, 7) is 6.20. The van der Waals surface area contributed by atoms with Crippen molar-refractivity contribution in [2.24, 2.45) is 0 Å². The summed E-state index contributed by atoms with van der Waals surface area (Å²) in [5.41, 5.74) is 6.16. The number of hydrogen-bond acceptors (Lipinski definition) is 3. The summed E-state index contributed by atoms with van der Waals surface area (Å²) in [6.07, 6.45) is 2.60. The molecule has 0 saturated heterocycles. The summed E-state index contributed by atoms with van der Waals surface area (Å²) in [4.78, 5) is 19.7. The molecule has 0 fully saturated rings. The number of H-pyrrole nitrogens is 2. The van der Waals surface area contributed by atoms with Crippen LogP contribution in [0.5, 0.6) is 0 Å². The second-order valence-corrected chi connectivity index (χ2v) is 9.11. The van der Waals surface area contributed by atoms with E-state index in [4.69, 9.17) is 16.2 Å². The zero-order valence-electron chi connectivity index (χ0n) is 16.7. The van der Waals surface area contributed by atoms with Crippen LogP contribution in [0.2, 0.25) is 5.02 Å². The van der Waals surface area contributed by atoms with Gasteiger partial charge < -0.3 is 9.97 Å². The van der Waals surface area contributed by atoms with E-state index in [1.165, 1.54) is 0 Å². The molecule has 0 radical (unpaired) electrons. The minimum Gasteiger partial charge on any atom is -0.358 e. The molecular weight excluding hydrogens is 412 g/mol. The van der Waals surface area contributed by atoms with E-state index in [-0.39, 0.29) is 5.43 Å². The lowest BCUT2D eigenvalue weighted by molar-refractivity contribution is 0.490. The van der Waals surface area contributed by atoms with Gasteiger partial charge in [-0.3, -0.25) is 9.35 Å². The van der Waals surface area contributed by atoms with Gasteiger partial charge in [0, 0.05) is 33.1 Å². The molecule has 29 heavy (non-hydrogen) atoms. The molecule has 0 aliphatic carbocycles. The van der Waals surface area contributed by atoms with Gasteiger partial charge >= 0.3 is 0 Å². The van der Waals surface area contributed by atoms with Crippen LogP contribution >= 0.6 is 11.6 Å². The largest absolute Gasteiger partial charge is 0.358 e. The van der Waals surface area contributed by atoms with Crippen molar-refractivity contribution in [1.29, 1.82) is 0 Å². The maximum absolute atomic E-state index is 12.7. The van der Waals surface area contributed by atoms with Crippen molar-refractivity contribution >= 4 is 54.4 Å². The summed E-state index contributed by atoms with van der Waals surface area (Å²) in [5.74, 6) is 0. The van der Waals surface area contributed by atoms with Crippen LogP contribution < -0.4 is 5.43 Å². The summed E-state index contributed by atoms with van der Waals surface area (Å²) < 4.78 is 25.9. The highest BCUT2D eigenvalue weighted by Gasteiger charge is 2.16. The Morgan fingerprint density at radius 1 is 1.03 bits per heavy atom. The van der Waals surface area contributed by atoms with Gasteiger partial charge in [0.25, 0.3) is 10.1 Å². The molecule has 3 N–H and O–H groups in total. The van der Waals surface area contributed by atoms with Gasteiger partial charge in [-0.05, 0) is 49.6 Å². The molecule has 0 amide bonds. The number of hydrogen-bond donors (Lipinski definition) is 3. The van der Waals surface area contributed by atoms with E-state index >= 15 is 0 Å². The Hall–Kier alpha value is -2.35. The molecule has 0 spiro atoms. The summed E-state index contributed by atoms with van der Waals surface area (Å²) in [7, 11) is -3.67. The minimum atomic E-state index is -3.67. The molecule has 6 nitrogen and oxygen atoms in total. The van der Waals surface area contributed by atoms with Crippen molar-refractivity contribution in [3.8, 4) is 0 Å². The van der Waals surface area contributed by atoms with Gasteiger partial charge in [0.15, 0.2) is 5.43 Å². The van der Waals surface area contributed by atoms with Crippen molar-refractivity contribution in [3.63, 3.8) is 0 Å². The molecule has 0 atom stereocenters. The normalized spacial score (nSPS) is 11.8. The first-order chi connectivity index (χ1) is 13.5. The van der Waals surface area contributed by atoms with Gasteiger partial charge in [-0.1, -0.05) is 24.9 Å². The van der Waals surface area contributed by atoms with E-state index in [1.54, 1.807) is 6.07 Å². The first-order valence-electron chi connectivity index (χ1n) is 9.19. The Bertz CT molecular complexity index is 1390. The van der Waals surface area contributed by atoms with Crippen LogP contribution in [-0.4, -0.2) is 29.2 Å². The number of rotatable bonds is 2. The lowest BCUT2D eigenvalue weighted by atomic mass is 9.98. The van der Waals surface area contributed by atoms with Crippen LogP contribution in [0.1, 0.15) is 30.2 Å². The maximum Gasteiger partial charge on any atom is 0.261 e. The first kappa shape index (κ1) is 21.4. The molecule has 4 aromatic rings. The number of aryl methyl sites for hydroxylation is 3. The number of halogens is 1. The highest BCUT2D eigenvalue weighted by molar-refractivity contribution is 7.85. The predicted molar refractivity (Wildman–Crippen MR) is 120 cm³/mol. The Labute approximate surface area is 173 Å². The van der Waals surface area contributed by atoms with E-state index in [0.29, 0.717) is 11.3 Å². The molecule has 0 aliphatic rings. The van der Waals surface area contributed by atoms with Gasteiger partial charge in [-0.2, -0.15) is 8.42 Å². The average molecular weight is 435 g/mol. The zero-order chi connectivity index (χ0) is 21.5. The third kappa shape index (κ3) is 4.32. The lowest BCUT2D eigenvalue weighted by Crippen LogP contribution is -2.08. The fraction of sp³-hybridized carbons (Fsp3) is 0.286. The molecule has 0 saturated carbocycles. The van der Waals surface area contributed by atoms with Gasteiger partial charge in [-0.15, -0.1) is 0 Å². The van der Waals surface area contributed by atoms with E-state index in [0.717, 1.165) is 62.4 Å². The van der Waals surface area contributed by atoms with Gasteiger partial charge in [0.1, 0.15) is 0 Å². The van der Waals surface area contributed by atoms with Crippen molar-refractivity contribution in [3.05, 3.63) is 56.3 Å². The van der Waals surface area contributed by atoms with Crippen LogP contribution in [0.15, 0.2) is 29.1 Å². The molecule has 0 unspecified atom stereocenters. The monoisotopic (exact) mass is 434 g/mol. The van der Waals surface area contributed by atoms with Crippen molar-refractivity contribution in [2.45, 2.75) is 33.6 Å². The highest BCUT2D eigenvalue weighted by Crippen LogP contribution is 2.35. The van der Waals surface area contributed by atoms with Gasteiger partial charge in [0.2, 0.25) is 0 Å². The standard InChI is InChI=1S/C20H19ClN2O.CH4O3S/c1-4-5-13-9-16(24)18-11(3)19-17(10(2)20(18)22-13)14-8-12(21)6-7-15(14)23-19;1-5(2,3)4/h6-9,23H,4-5H2,1-3H3,(H,22,24);1H3,(H,2,3,4). The van der Waals surface area contributed by atoms with E-state index in [9.17, 15) is 13.2 Å². The van der Waals surface area contributed by atoms with Gasteiger partial charge in [-0.25, -0.2) is 0 Å². The molecule has 2 aromatic heterocycles. The molecule has 0 bridgehead atoms. The summed E-state index contributed by atoms with van der Waals surface area (Å²) in [5, 5.41) is 3.73. The number of nitrogens with one attached hydrogen (secondary N) is 2. The number of pyridine rings is 1. The molecule has 2 aromatic carbocycles. The molecule has 0 aliphatic heterocycles. The number of aromatic amines is 2. The topological polar surface area (TPSA) is 103 Å². The SMILES string of the molecule is CCCc1cc(=O)c2c(C)c3[nH]c4ccc(Cl)cc4c3c(C)c2[nH]1.CS(=O)(=O)O. The third-order valence-corrected chi connectivity index (χ3v) is 5.10. The van der Waals surface area contributed by atoms with Crippen molar-refractivity contribution < 1.29 is 13.0 Å². The highest BCUT2D eigenvalue weighted by atomic mass is 35.5. The van der Waals surface area contributed by atoms with Crippen LogP contribution in [0.3, 0.4) is 0 Å². The van der Waals surface area contributed by atoms with E-state index in [1.807, 2.05) is 25.1 Å². The van der Waals surface area contributed by atoms with Gasteiger partial charge in [0.05, 0.1) is 22.7 Å². The van der Waals surface area contributed by atoms with Crippen molar-refractivity contribution in [2.75, 3.05) is 6.26 Å². The zero-order valence-corrected chi connectivity index (χ0v) is 18.3. The smallest absolute Gasteiger partial charge is 0.261 e. The Balaban J connectivity index is 0.000000431. The Morgan fingerprint density at radius 2 is 1.62 bits per heavy atom. The van der Waals surface area contributed by atoms with E-state index in [2.05, 4.69) is 23.8 Å². The van der Waals surface area contributed by atoms with Crippen LogP contribution in [0, 0.1) is 13.8 Å². The Kier molecular flexibility index (Phi) is 5.76. The second-order valence-electron chi connectivity index (χ2n) is 7.21. The van der Waals surface area contributed by atoms with E-state index < -0.39 is 10.1 Å². The molecule has 4 rings (SSSR count). The van der Waals surface area contributed by atoms with Crippen molar-refractivity contribution in [1.82, 2.24) is 9.97 Å². The number of benzene rings is 2. The first-order valence-corrected chi connectivity index (χ1v) is 11.4. The predicted octanol–water partition coefficient (Wildman–Crippen LogP) is 4.89. The summed E-state index contributed by atoms with van der Waals surface area (Å²) in [6, 6.07) is 7.60. The summed E-state index contributed by atoms with van der Waals surface area (Å²) >= 11 is 6.21. The van der Waals surface area contributed by atoms with Crippen LogP contribution in [0.25, 0.3) is 32.7 Å². The molecule has 8 heteroatoms. The van der Waals surface area contributed by atoms with Crippen LogP contribution in [-0.2, 0) is 16.5 Å². The fourth-order valence-electron chi connectivity index (χ4n) is 3.76. The second kappa shape index (κ2) is 7.82. The molecule has 2 heterocycles. The number of fused-ring (bicyclic) bond motifs is 4.